The fraction of sp³-hybridized carbons (Fsp3) is 0.562. The van der Waals surface area contributed by atoms with Gasteiger partial charge in [0.2, 0.25) is 0 Å². The molecule has 0 saturated carbocycles. The smallest absolute Gasteiger partial charge is 0.337 e. The third-order valence-corrected chi connectivity index (χ3v) is 4.29. The summed E-state index contributed by atoms with van der Waals surface area (Å²) in [5.41, 5.74) is 0.905. The molecule has 0 unspecified atom stereocenters. The first kappa shape index (κ1) is 16.4. The number of rotatable bonds is 4. The molecule has 2 rings (SSSR count). The maximum absolute atomic E-state index is 12.5. The number of aromatic nitrogens is 1. The quantitative estimate of drug-likeness (QED) is 0.920. The van der Waals surface area contributed by atoms with Gasteiger partial charge in [0.25, 0.3) is 5.91 Å². The molecule has 6 nitrogen and oxygen atoms in total. The molecule has 0 spiro atoms. The highest BCUT2D eigenvalue weighted by molar-refractivity contribution is 5.94. The third-order valence-electron chi connectivity index (χ3n) is 4.29. The van der Waals surface area contributed by atoms with Crippen LogP contribution in [0.5, 0.6) is 0 Å². The SMILES string of the molecule is COCC1(C)CCN(C(=O)c2ccc(C(=O)O)c(C)n2)CC1. The third kappa shape index (κ3) is 3.44. The number of carboxylic acids is 1. The van der Waals surface area contributed by atoms with Crippen LogP contribution in [0.2, 0.25) is 0 Å². The Morgan fingerprint density at radius 1 is 1.36 bits per heavy atom. The summed E-state index contributed by atoms with van der Waals surface area (Å²) < 4.78 is 5.24. The van der Waals surface area contributed by atoms with Crippen LogP contribution in [-0.2, 0) is 4.74 Å². The molecule has 0 atom stereocenters. The highest BCUT2D eigenvalue weighted by Crippen LogP contribution is 2.31. The van der Waals surface area contributed by atoms with Crippen molar-refractivity contribution in [2.45, 2.75) is 26.7 Å². The average molecular weight is 306 g/mol. The fourth-order valence-electron chi connectivity index (χ4n) is 2.81. The number of amides is 1. The molecule has 1 amide bonds. The second-order valence-electron chi connectivity index (χ2n) is 6.17. The van der Waals surface area contributed by atoms with E-state index in [0.717, 1.165) is 12.8 Å². The number of hydrogen-bond acceptors (Lipinski definition) is 4. The van der Waals surface area contributed by atoms with E-state index in [4.69, 9.17) is 9.84 Å². The summed E-state index contributed by atoms with van der Waals surface area (Å²) in [6.45, 7) is 5.80. The van der Waals surface area contributed by atoms with Gasteiger partial charge in [-0.1, -0.05) is 6.92 Å². The summed E-state index contributed by atoms with van der Waals surface area (Å²) >= 11 is 0. The summed E-state index contributed by atoms with van der Waals surface area (Å²) in [6, 6.07) is 2.93. The van der Waals surface area contributed by atoms with Crippen LogP contribution in [-0.4, -0.2) is 53.7 Å². The van der Waals surface area contributed by atoms with E-state index in [-0.39, 0.29) is 16.9 Å². The molecule has 2 heterocycles. The minimum atomic E-state index is -1.03. The van der Waals surface area contributed by atoms with Crippen LogP contribution in [0.3, 0.4) is 0 Å². The highest BCUT2D eigenvalue weighted by atomic mass is 16.5. The monoisotopic (exact) mass is 306 g/mol. The van der Waals surface area contributed by atoms with Gasteiger partial charge >= 0.3 is 5.97 Å². The van der Waals surface area contributed by atoms with Gasteiger partial charge in [0.1, 0.15) is 5.69 Å². The Kier molecular flexibility index (Phi) is 4.81. The van der Waals surface area contributed by atoms with Gasteiger partial charge in [0.05, 0.1) is 17.9 Å². The largest absolute Gasteiger partial charge is 0.478 e. The van der Waals surface area contributed by atoms with E-state index in [9.17, 15) is 9.59 Å². The number of ether oxygens (including phenoxy) is 1. The number of piperidine rings is 1. The molecule has 1 aromatic rings. The number of nitrogens with zero attached hydrogens (tertiary/aromatic N) is 2. The molecule has 22 heavy (non-hydrogen) atoms. The Balaban J connectivity index is 2.07. The van der Waals surface area contributed by atoms with E-state index in [1.165, 1.54) is 12.1 Å². The van der Waals surface area contributed by atoms with Crippen molar-refractivity contribution in [1.29, 1.82) is 0 Å². The average Bonchev–Trinajstić information content (AvgIpc) is 2.47. The van der Waals surface area contributed by atoms with Crippen LogP contribution >= 0.6 is 0 Å². The lowest BCUT2D eigenvalue weighted by Gasteiger charge is -2.38. The normalized spacial score (nSPS) is 17.3. The van der Waals surface area contributed by atoms with Crippen LogP contribution in [0.25, 0.3) is 0 Å². The minimum Gasteiger partial charge on any atom is -0.478 e. The van der Waals surface area contributed by atoms with Crippen LogP contribution in [0, 0.1) is 12.3 Å². The molecule has 1 aliphatic heterocycles. The van der Waals surface area contributed by atoms with Gasteiger partial charge in [-0.2, -0.15) is 0 Å². The number of pyridine rings is 1. The number of aryl methyl sites for hydroxylation is 1. The van der Waals surface area contributed by atoms with Crippen LogP contribution in [0.1, 0.15) is 46.3 Å². The summed E-state index contributed by atoms with van der Waals surface area (Å²) in [4.78, 5) is 29.4. The van der Waals surface area contributed by atoms with Gasteiger partial charge in [0.15, 0.2) is 0 Å². The predicted molar refractivity (Wildman–Crippen MR) is 81.1 cm³/mol. The van der Waals surface area contributed by atoms with Crippen molar-refractivity contribution >= 4 is 11.9 Å². The molecule has 1 saturated heterocycles. The zero-order valence-corrected chi connectivity index (χ0v) is 13.3. The molecule has 0 radical (unpaired) electrons. The van der Waals surface area contributed by atoms with Gasteiger partial charge in [-0.15, -0.1) is 0 Å². The Morgan fingerprint density at radius 3 is 2.50 bits per heavy atom. The fourth-order valence-corrected chi connectivity index (χ4v) is 2.81. The van der Waals surface area contributed by atoms with E-state index in [1.807, 2.05) is 0 Å². The standard InChI is InChI=1S/C16H22N2O4/c1-11-12(15(20)21)4-5-13(17-11)14(19)18-8-6-16(2,7-9-18)10-22-3/h4-5H,6-10H2,1-3H3,(H,20,21). The number of carboxylic acid groups (broad SMARTS) is 1. The zero-order chi connectivity index (χ0) is 16.3. The second-order valence-corrected chi connectivity index (χ2v) is 6.17. The summed E-state index contributed by atoms with van der Waals surface area (Å²) in [5.74, 6) is -1.17. The van der Waals surface area contributed by atoms with Crippen molar-refractivity contribution in [2.75, 3.05) is 26.8 Å². The molecule has 1 aliphatic rings. The summed E-state index contributed by atoms with van der Waals surface area (Å²) in [5, 5.41) is 9.00. The lowest BCUT2D eigenvalue weighted by molar-refractivity contribution is 0.0298. The topological polar surface area (TPSA) is 79.7 Å². The first-order chi connectivity index (χ1) is 10.4. The van der Waals surface area contributed by atoms with Gasteiger partial charge in [-0.05, 0) is 37.3 Å². The first-order valence-corrected chi connectivity index (χ1v) is 7.35. The molecule has 1 N–H and O–H groups in total. The van der Waals surface area contributed by atoms with Gasteiger partial charge < -0.3 is 14.7 Å². The van der Waals surface area contributed by atoms with Crippen molar-refractivity contribution in [2.24, 2.45) is 5.41 Å². The Morgan fingerprint density at radius 2 is 2.00 bits per heavy atom. The maximum atomic E-state index is 12.5. The van der Waals surface area contributed by atoms with Crippen LogP contribution < -0.4 is 0 Å². The number of aromatic carboxylic acids is 1. The van der Waals surface area contributed by atoms with Crippen molar-refractivity contribution in [3.8, 4) is 0 Å². The molecular weight excluding hydrogens is 284 g/mol. The van der Waals surface area contributed by atoms with Gasteiger partial charge in [-0.25, -0.2) is 9.78 Å². The van der Waals surface area contributed by atoms with Gasteiger partial charge in [0, 0.05) is 20.2 Å². The molecular formula is C16H22N2O4. The Hall–Kier alpha value is -1.95. The van der Waals surface area contributed by atoms with E-state index in [2.05, 4.69) is 11.9 Å². The summed E-state index contributed by atoms with van der Waals surface area (Å²) in [7, 11) is 1.69. The van der Waals surface area contributed by atoms with E-state index >= 15 is 0 Å². The van der Waals surface area contributed by atoms with Crippen molar-refractivity contribution in [3.05, 3.63) is 29.1 Å². The highest BCUT2D eigenvalue weighted by Gasteiger charge is 2.32. The van der Waals surface area contributed by atoms with E-state index in [0.29, 0.717) is 31.1 Å². The van der Waals surface area contributed by atoms with Gasteiger partial charge in [-0.3, -0.25) is 4.79 Å². The lowest BCUT2D eigenvalue weighted by Crippen LogP contribution is -2.44. The zero-order valence-electron chi connectivity index (χ0n) is 13.3. The lowest BCUT2D eigenvalue weighted by atomic mass is 9.81. The first-order valence-electron chi connectivity index (χ1n) is 7.35. The number of hydrogen-bond donors (Lipinski definition) is 1. The van der Waals surface area contributed by atoms with E-state index < -0.39 is 5.97 Å². The maximum Gasteiger partial charge on any atom is 0.337 e. The van der Waals surface area contributed by atoms with Crippen LogP contribution in [0.15, 0.2) is 12.1 Å². The molecule has 120 valence electrons. The molecule has 0 aromatic carbocycles. The number of carbonyl (C=O) groups excluding carboxylic acids is 1. The Labute approximate surface area is 130 Å². The molecule has 0 aliphatic carbocycles. The molecule has 6 heteroatoms. The molecule has 1 fully saturated rings. The minimum absolute atomic E-state index is 0.113. The van der Waals surface area contributed by atoms with E-state index in [1.54, 1.807) is 18.9 Å². The number of methoxy groups -OCH3 is 1. The van der Waals surface area contributed by atoms with Crippen molar-refractivity contribution < 1.29 is 19.4 Å². The second kappa shape index (κ2) is 6.44. The number of likely N-dealkylation sites (tertiary alicyclic amines) is 1. The van der Waals surface area contributed by atoms with Crippen LogP contribution in [0.4, 0.5) is 0 Å². The Bertz CT molecular complexity index is 578. The summed E-state index contributed by atoms with van der Waals surface area (Å²) in [6.07, 6.45) is 1.78. The predicted octanol–water partition coefficient (Wildman–Crippen LogP) is 1.98. The molecule has 1 aromatic heterocycles. The van der Waals surface area contributed by atoms with Crippen molar-refractivity contribution in [1.82, 2.24) is 9.88 Å². The molecule has 0 bridgehead atoms. The van der Waals surface area contributed by atoms with Crippen molar-refractivity contribution in [3.63, 3.8) is 0 Å². The number of carbonyl (C=O) groups is 2.